The number of aliphatic hydroxyl groups excluding tert-OH is 1. The number of hydrogen-bond donors (Lipinski definition) is 1. The fourth-order valence-corrected chi connectivity index (χ4v) is 3.35. The summed E-state index contributed by atoms with van der Waals surface area (Å²) in [6.45, 7) is 10.2. The van der Waals surface area contributed by atoms with Crippen molar-refractivity contribution >= 4 is 5.78 Å². The van der Waals surface area contributed by atoms with Crippen LogP contribution in [0.3, 0.4) is 0 Å². The van der Waals surface area contributed by atoms with Gasteiger partial charge in [-0.15, -0.1) is 0 Å². The second-order valence-corrected chi connectivity index (χ2v) is 6.19. The van der Waals surface area contributed by atoms with Gasteiger partial charge in [-0.25, -0.2) is 0 Å². The fraction of sp³-hybridized carbons (Fsp3) is 0.917. The molecule has 0 spiro atoms. The Kier molecular flexibility index (Phi) is 2.79. The smallest absolute Gasteiger partial charge is 0.139 e. The molecule has 2 unspecified atom stereocenters. The third-order valence-corrected chi connectivity index (χ3v) is 3.26. The molecule has 0 bridgehead atoms. The SMILES string of the molecule is CC(O)C1C(=O)CC(C)(C)CC1(C)C. The first-order valence-electron chi connectivity index (χ1n) is 5.36. The Bertz CT molecular complexity index is 239. The lowest BCUT2D eigenvalue weighted by Crippen LogP contribution is -2.47. The third kappa shape index (κ3) is 2.17. The Morgan fingerprint density at radius 1 is 1.36 bits per heavy atom. The average molecular weight is 198 g/mol. The van der Waals surface area contributed by atoms with E-state index in [1.807, 2.05) is 0 Å². The zero-order valence-electron chi connectivity index (χ0n) is 9.92. The van der Waals surface area contributed by atoms with Gasteiger partial charge in [0.15, 0.2) is 0 Å². The minimum atomic E-state index is -0.520. The number of rotatable bonds is 1. The first kappa shape index (κ1) is 11.7. The first-order chi connectivity index (χ1) is 6.16. The van der Waals surface area contributed by atoms with E-state index in [1.165, 1.54) is 0 Å². The van der Waals surface area contributed by atoms with Crippen molar-refractivity contribution < 1.29 is 9.90 Å². The van der Waals surface area contributed by atoms with Gasteiger partial charge in [-0.3, -0.25) is 4.79 Å². The van der Waals surface area contributed by atoms with E-state index in [1.54, 1.807) is 6.92 Å². The number of carbonyl (C=O) groups is 1. The van der Waals surface area contributed by atoms with Crippen LogP contribution in [0.4, 0.5) is 0 Å². The molecule has 0 heterocycles. The van der Waals surface area contributed by atoms with Crippen LogP contribution in [-0.4, -0.2) is 17.0 Å². The van der Waals surface area contributed by atoms with Crippen LogP contribution in [0.5, 0.6) is 0 Å². The van der Waals surface area contributed by atoms with Gasteiger partial charge in [0.2, 0.25) is 0 Å². The average Bonchev–Trinajstić information content (AvgIpc) is 1.75. The van der Waals surface area contributed by atoms with E-state index >= 15 is 0 Å². The van der Waals surface area contributed by atoms with E-state index in [9.17, 15) is 9.90 Å². The second-order valence-electron chi connectivity index (χ2n) is 6.19. The molecule has 0 amide bonds. The molecule has 14 heavy (non-hydrogen) atoms. The number of carbonyl (C=O) groups excluding carboxylic acids is 1. The van der Waals surface area contributed by atoms with E-state index in [2.05, 4.69) is 27.7 Å². The lowest BCUT2D eigenvalue weighted by atomic mass is 9.58. The maximum Gasteiger partial charge on any atom is 0.139 e. The topological polar surface area (TPSA) is 37.3 Å². The van der Waals surface area contributed by atoms with Crippen molar-refractivity contribution in [3.05, 3.63) is 0 Å². The Morgan fingerprint density at radius 3 is 2.21 bits per heavy atom. The van der Waals surface area contributed by atoms with Crippen LogP contribution in [0, 0.1) is 16.7 Å². The molecule has 2 heteroatoms. The van der Waals surface area contributed by atoms with Crippen molar-refractivity contribution in [2.75, 3.05) is 0 Å². The lowest BCUT2D eigenvalue weighted by molar-refractivity contribution is -0.140. The number of Topliss-reactive ketones (excluding diaryl/α,β-unsaturated/α-hetero) is 1. The molecular formula is C12H22O2. The van der Waals surface area contributed by atoms with Gasteiger partial charge in [-0.1, -0.05) is 27.7 Å². The van der Waals surface area contributed by atoms with Gasteiger partial charge in [-0.05, 0) is 24.2 Å². The molecule has 0 aromatic heterocycles. The Labute approximate surface area is 86.7 Å². The molecule has 0 aliphatic heterocycles. The standard InChI is InChI=1S/C12H22O2/c1-8(13)10-9(14)6-11(2,3)7-12(10,4)5/h8,10,13H,6-7H2,1-5H3. The van der Waals surface area contributed by atoms with E-state index in [-0.39, 0.29) is 22.5 Å². The van der Waals surface area contributed by atoms with Crippen LogP contribution in [-0.2, 0) is 4.79 Å². The highest BCUT2D eigenvalue weighted by atomic mass is 16.3. The number of hydrogen-bond acceptors (Lipinski definition) is 2. The van der Waals surface area contributed by atoms with Gasteiger partial charge in [0, 0.05) is 12.3 Å². The summed E-state index contributed by atoms with van der Waals surface area (Å²) in [6, 6.07) is 0. The predicted molar refractivity (Wildman–Crippen MR) is 57.0 cm³/mol. The highest BCUT2D eigenvalue weighted by Gasteiger charge is 2.47. The molecule has 0 saturated heterocycles. The Hall–Kier alpha value is -0.370. The molecule has 1 N–H and O–H groups in total. The molecule has 1 aliphatic carbocycles. The van der Waals surface area contributed by atoms with Crippen LogP contribution in [0.25, 0.3) is 0 Å². The van der Waals surface area contributed by atoms with Crippen molar-refractivity contribution in [1.29, 1.82) is 0 Å². The molecule has 1 fully saturated rings. The fourth-order valence-electron chi connectivity index (χ4n) is 3.35. The number of aliphatic hydroxyl groups is 1. The van der Waals surface area contributed by atoms with Crippen molar-refractivity contribution in [3.63, 3.8) is 0 Å². The minimum Gasteiger partial charge on any atom is -0.393 e. The molecule has 2 nitrogen and oxygen atoms in total. The molecule has 0 radical (unpaired) electrons. The highest BCUT2D eigenvalue weighted by molar-refractivity contribution is 5.83. The van der Waals surface area contributed by atoms with Crippen LogP contribution in [0.15, 0.2) is 0 Å². The van der Waals surface area contributed by atoms with Gasteiger partial charge in [-0.2, -0.15) is 0 Å². The van der Waals surface area contributed by atoms with Crippen molar-refractivity contribution in [2.45, 2.75) is 53.6 Å². The van der Waals surface area contributed by atoms with E-state index in [0.717, 1.165) is 6.42 Å². The summed E-state index contributed by atoms with van der Waals surface area (Å²) < 4.78 is 0. The summed E-state index contributed by atoms with van der Waals surface area (Å²) >= 11 is 0. The molecule has 2 atom stereocenters. The molecule has 82 valence electrons. The van der Waals surface area contributed by atoms with Gasteiger partial charge in [0.05, 0.1) is 6.10 Å². The molecular weight excluding hydrogens is 176 g/mol. The molecule has 0 aromatic carbocycles. The van der Waals surface area contributed by atoms with E-state index < -0.39 is 6.10 Å². The maximum atomic E-state index is 11.9. The zero-order valence-corrected chi connectivity index (χ0v) is 9.92. The summed E-state index contributed by atoms with van der Waals surface area (Å²) in [5.41, 5.74) is 0.0129. The Morgan fingerprint density at radius 2 is 1.86 bits per heavy atom. The van der Waals surface area contributed by atoms with E-state index in [4.69, 9.17) is 0 Å². The molecule has 1 aliphatic rings. The second kappa shape index (κ2) is 3.34. The van der Waals surface area contributed by atoms with Gasteiger partial charge >= 0.3 is 0 Å². The van der Waals surface area contributed by atoms with Crippen molar-refractivity contribution in [2.24, 2.45) is 16.7 Å². The monoisotopic (exact) mass is 198 g/mol. The summed E-state index contributed by atoms with van der Waals surface area (Å²) in [4.78, 5) is 11.9. The van der Waals surface area contributed by atoms with Crippen molar-refractivity contribution in [1.82, 2.24) is 0 Å². The normalized spacial score (nSPS) is 32.7. The summed E-state index contributed by atoms with van der Waals surface area (Å²) in [5.74, 6) is 0.0387. The lowest BCUT2D eigenvalue weighted by Gasteiger charge is -2.46. The zero-order chi connectivity index (χ0) is 11.1. The third-order valence-electron chi connectivity index (χ3n) is 3.26. The predicted octanol–water partition coefficient (Wildman–Crippen LogP) is 2.40. The summed E-state index contributed by atoms with van der Waals surface area (Å²) in [5, 5.41) is 9.63. The molecule has 1 saturated carbocycles. The van der Waals surface area contributed by atoms with Crippen LogP contribution < -0.4 is 0 Å². The Balaban J connectivity index is 2.95. The van der Waals surface area contributed by atoms with Crippen LogP contribution in [0.2, 0.25) is 0 Å². The van der Waals surface area contributed by atoms with Crippen molar-refractivity contribution in [3.8, 4) is 0 Å². The molecule has 0 aromatic rings. The largest absolute Gasteiger partial charge is 0.393 e. The van der Waals surface area contributed by atoms with Gasteiger partial charge < -0.3 is 5.11 Å². The molecule has 1 rings (SSSR count). The van der Waals surface area contributed by atoms with E-state index in [0.29, 0.717) is 6.42 Å². The highest BCUT2D eigenvalue weighted by Crippen LogP contribution is 2.48. The van der Waals surface area contributed by atoms with Crippen LogP contribution in [0.1, 0.15) is 47.5 Å². The summed E-state index contributed by atoms with van der Waals surface area (Å²) in [7, 11) is 0. The van der Waals surface area contributed by atoms with Gasteiger partial charge in [0.25, 0.3) is 0 Å². The summed E-state index contributed by atoms with van der Waals surface area (Å²) in [6.07, 6.45) is 1.08. The quantitative estimate of drug-likeness (QED) is 0.702. The number of ketones is 1. The minimum absolute atomic E-state index is 0.0764. The van der Waals surface area contributed by atoms with Crippen LogP contribution >= 0.6 is 0 Å². The maximum absolute atomic E-state index is 11.9. The van der Waals surface area contributed by atoms with Gasteiger partial charge in [0.1, 0.15) is 5.78 Å². The first-order valence-corrected chi connectivity index (χ1v) is 5.36.